The van der Waals surface area contributed by atoms with Gasteiger partial charge in [-0.15, -0.1) is 0 Å². The van der Waals surface area contributed by atoms with E-state index in [9.17, 15) is 9.59 Å². The maximum Gasteiger partial charge on any atom is 0.413 e. The van der Waals surface area contributed by atoms with Crippen molar-refractivity contribution in [1.29, 1.82) is 0 Å². The Morgan fingerprint density at radius 3 is 2.75 bits per heavy atom. The van der Waals surface area contributed by atoms with Crippen LogP contribution in [0.25, 0.3) is 0 Å². The van der Waals surface area contributed by atoms with E-state index in [1.54, 1.807) is 24.5 Å². The van der Waals surface area contributed by atoms with Crippen LogP contribution in [0.2, 0.25) is 0 Å². The summed E-state index contributed by atoms with van der Waals surface area (Å²) in [6.07, 6.45) is 6.94. The molecule has 0 saturated carbocycles. The molecule has 2 rings (SSSR count). The van der Waals surface area contributed by atoms with Crippen LogP contribution in [-0.2, 0) is 20.9 Å². The van der Waals surface area contributed by atoms with Crippen molar-refractivity contribution in [3.63, 3.8) is 0 Å². The Kier molecular flexibility index (Phi) is 4.94. The SMILES string of the molecule is O=[C]CN(C(=O)OCc1ccccc1)C1C=CC=CO1. The molecular formula is C15H14NO4. The Hall–Kier alpha value is -2.56. The van der Waals surface area contributed by atoms with E-state index >= 15 is 0 Å². The first kappa shape index (κ1) is 13.9. The number of carbonyl (C=O) groups is 1. The number of hydrogen-bond donors (Lipinski definition) is 0. The number of ether oxygens (including phenoxy) is 2. The van der Waals surface area contributed by atoms with Gasteiger partial charge >= 0.3 is 6.09 Å². The molecule has 0 bridgehead atoms. The average Bonchev–Trinajstić information content (AvgIpc) is 2.52. The number of carbonyl (C=O) groups excluding carboxylic acids is 2. The zero-order chi connectivity index (χ0) is 14.2. The van der Waals surface area contributed by atoms with E-state index in [0.717, 1.165) is 10.5 Å². The molecule has 1 aromatic rings. The molecule has 5 nitrogen and oxygen atoms in total. The third-order valence-electron chi connectivity index (χ3n) is 2.67. The standard InChI is InChI=1S/C15H14NO4/c17-10-9-16(14-8-4-5-11-19-14)15(18)20-12-13-6-2-1-3-7-13/h1-8,11,14H,9,12H2. The molecule has 0 saturated heterocycles. The van der Waals surface area contributed by atoms with Crippen LogP contribution in [0.5, 0.6) is 0 Å². The molecule has 0 spiro atoms. The van der Waals surface area contributed by atoms with Crippen molar-refractivity contribution in [3.8, 4) is 0 Å². The second-order valence-corrected chi connectivity index (χ2v) is 4.05. The molecule has 1 aliphatic rings. The zero-order valence-corrected chi connectivity index (χ0v) is 10.8. The first-order valence-electron chi connectivity index (χ1n) is 6.12. The minimum absolute atomic E-state index is 0.140. The number of rotatable bonds is 5. The van der Waals surface area contributed by atoms with Crippen molar-refractivity contribution in [1.82, 2.24) is 4.90 Å². The lowest BCUT2D eigenvalue weighted by atomic mass is 10.2. The zero-order valence-electron chi connectivity index (χ0n) is 10.8. The summed E-state index contributed by atoms with van der Waals surface area (Å²) in [7, 11) is 0. The van der Waals surface area contributed by atoms with Crippen molar-refractivity contribution in [2.75, 3.05) is 6.54 Å². The third-order valence-corrected chi connectivity index (χ3v) is 2.67. The summed E-state index contributed by atoms with van der Waals surface area (Å²) in [6.45, 7) is -0.0717. The molecule has 1 aromatic carbocycles. The summed E-state index contributed by atoms with van der Waals surface area (Å²) in [6, 6.07) is 9.30. The van der Waals surface area contributed by atoms with Crippen molar-refractivity contribution in [2.45, 2.75) is 12.8 Å². The monoisotopic (exact) mass is 272 g/mol. The van der Waals surface area contributed by atoms with Gasteiger partial charge in [-0.25, -0.2) is 4.79 Å². The predicted octanol–water partition coefficient (Wildman–Crippen LogP) is 2.16. The molecule has 1 atom stereocenters. The van der Waals surface area contributed by atoms with E-state index in [1.165, 1.54) is 6.26 Å². The quantitative estimate of drug-likeness (QED) is 0.824. The van der Waals surface area contributed by atoms with E-state index in [4.69, 9.17) is 9.47 Å². The van der Waals surface area contributed by atoms with E-state index in [2.05, 4.69) is 0 Å². The van der Waals surface area contributed by atoms with Crippen LogP contribution < -0.4 is 0 Å². The second-order valence-electron chi connectivity index (χ2n) is 4.05. The topological polar surface area (TPSA) is 55.8 Å². The summed E-state index contributed by atoms with van der Waals surface area (Å²) >= 11 is 0. The van der Waals surface area contributed by atoms with Crippen LogP contribution in [0.15, 0.2) is 54.8 Å². The minimum atomic E-state index is -0.648. The molecule has 1 aliphatic heterocycles. The lowest BCUT2D eigenvalue weighted by Crippen LogP contribution is -2.42. The lowest BCUT2D eigenvalue weighted by molar-refractivity contribution is 0.0203. The van der Waals surface area contributed by atoms with Gasteiger partial charge in [-0.3, -0.25) is 9.69 Å². The van der Waals surface area contributed by atoms with Crippen molar-refractivity contribution >= 4 is 12.4 Å². The summed E-state index contributed by atoms with van der Waals surface area (Å²) in [4.78, 5) is 23.7. The molecule has 0 aliphatic carbocycles. The van der Waals surface area contributed by atoms with Crippen LogP contribution in [0.3, 0.4) is 0 Å². The molecule has 0 fully saturated rings. The Morgan fingerprint density at radius 1 is 1.30 bits per heavy atom. The maximum atomic E-state index is 12.0. The number of allylic oxidation sites excluding steroid dienone is 2. The van der Waals surface area contributed by atoms with Gasteiger partial charge in [0, 0.05) is 0 Å². The van der Waals surface area contributed by atoms with Crippen LogP contribution >= 0.6 is 0 Å². The summed E-state index contributed by atoms with van der Waals surface area (Å²) < 4.78 is 10.4. The van der Waals surface area contributed by atoms with E-state index in [1.807, 2.05) is 30.3 Å². The van der Waals surface area contributed by atoms with Crippen molar-refractivity contribution in [2.24, 2.45) is 0 Å². The summed E-state index contributed by atoms with van der Waals surface area (Å²) in [5.41, 5.74) is 0.871. The van der Waals surface area contributed by atoms with E-state index in [-0.39, 0.29) is 13.2 Å². The summed E-state index contributed by atoms with van der Waals surface area (Å²) in [5.74, 6) is 0. The van der Waals surface area contributed by atoms with Gasteiger partial charge in [0.25, 0.3) is 0 Å². The highest BCUT2D eigenvalue weighted by Gasteiger charge is 2.24. The Balaban J connectivity index is 1.94. The van der Waals surface area contributed by atoms with Crippen LogP contribution in [-0.4, -0.2) is 30.1 Å². The van der Waals surface area contributed by atoms with Gasteiger partial charge in [0.15, 0.2) is 6.23 Å². The molecule has 1 amide bonds. The highest BCUT2D eigenvalue weighted by Crippen LogP contribution is 2.11. The van der Waals surface area contributed by atoms with Crippen LogP contribution in [0, 0.1) is 0 Å². The number of nitrogens with zero attached hydrogens (tertiary/aromatic N) is 1. The van der Waals surface area contributed by atoms with Gasteiger partial charge in [0.05, 0.1) is 12.8 Å². The first-order chi connectivity index (χ1) is 9.81. The van der Waals surface area contributed by atoms with E-state index in [0.29, 0.717) is 0 Å². The fourth-order valence-electron chi connectivity index (χ4n) is 1.68. The minimum Gasteiger partial charge on any atom is -0.474 e. The fourth-order valence-corrected chi connectivity index (χ4v) is 1.68. The smallest absolute Gasteiger partial charge is 0.413 e. The lowest BCUT2D eigenvalue weighted by Gasteiger charge is -2.27. The normalized spacial score (nSPS) is 16.3. The van der Waals surface area contributed by atoms with Crippen LogP contribution in [0.1, 0.15) is 5.56 Å². The summed E-state index contributed by atoms with van der Waals surface area (Å²) in [5, 5.41) is 0. The number of benzene rings is 1. The number of hydrogen-bond acceptors (Lipinski definition) is 4. The maximum absolute atomic E-state index is 12.0. The van der Waals surface area contributed by atoms with Gasteiger partial charge < -0.3 is 9.47 Å². The fraction of sp³-hybridized carbons (Fsp3) is 0.200. The highest BCUT2D eigenvalue weighted by molar-refractivity contribution is 5.72. The largest absolute Gasteiger partial charge is 0.474 e. The molecular weight excluding hydrogens is 258 g/mol. The van der Waals surface area contributed by atoms with Gasteiger partial charge in [-0.2, -0.15) is 0 Å². The van der Waals surface area contributed by atoms with Gasteiger partial charge in [-0.1, -0.05) is 36.4 Å². The van der Waals surface area contributed by atoms with Crippen LogP contribution in [0.4, 0.5) is 4.79 Å². The molecule has 5 heteroatoms. The van der Waals surface area contributed by atoms with Gasteiger partial charge in [-0.05, 0) is 17.7 Å². The Bertz CT molecular complexity index is 510. The predicted molar refractivity (Wildman–Crippen MR) is 72.2 cm³/mol. The molecule has 103 valence electrons. The average molecular weight is 272 g/mol. The first-order valence-corrected chi connectivity index (χ1v) is 6.12. The second kappa shape index (κ2) is 7.13. The van der Waals surface area contributed by atoms with Crippen molar-refractivity contribution in [3.05, 3.63) is 60.4 Å². The Morgan fingerprint density at radius 2 is 2.10 bits per heavy atom. The van der Waals surface area contributed by atoms with E-state index < -0.39 is 12.3 Å². The molecule has 0 N–H and O–H groups in total. The molecule has 0 aromatic heterocycles. The van der Waals surface area contributed by atoms with Gasteiger partial charge in [0.2, 0.25) is 6.29 Å². The van der Waals surface area contributed by atoms with Gasteiger partial charge in [0.1, 0.15) is 6.61 Å². The molecule has 1 heterocycles. The Labute approximate surface area is 117 Å². The highest BCUT2D eigenvalue weighted by atomic mass is 16.6. The molecule has 1 unspecified atom stereocenters. The molecule has 20 heavy (non-hydrogen) atoms. The third kappa shape index (κ3) is 3.71. The molecule has 1 radical (unpaired) electrons. The number of amides is 1. The van der Waals surface area contributed by atoms with Crippen molar-refractivity contribution < 1.29 is 19.1 Å².